The number of anilines is 1. The van der Waals surface area contributed by atoms with Gasteiger partial charge in [-0.1, -0.05) is 19.9 Å². The zero-order valence-electron chi connectivity index (χ0n) is 12.0. The van der Waals surface area contributed by atoms with E-state index in [1.807, 2.05) is 6.07 Å². The lowest BCUT2D eigenvalue weighted by Gasteiger charge is -2.20. The number of nitrogens with one attached hydrogen (secondary N) is 1. The molecule has 0 aliphatic heterocycles. The number of nitro groups is 1. The van der Waals surface area contributed by atoms with Crippen LogP contribution in [0, 0.1) is 17.0 Å². The Morgan fingerprint density at radius 1 is 1.32 bits per heavy atom. The van der Waals surface area contributed by atoms with E-state index < -0.39 is 0 Å². The number of hydrogen-bond donors (Lipinski definition) is 1. The molecule has 0 aliphatic carbocycles. The number of nitro benzene ring substituents is 1. The van der Waals surface area contributed by atoms with Crippen molar-refractivity contribution in [1.82, 2.24) is 4.90 Å². The molecule has 0 radical (unpaired) electrons. The molecule has 0 aliphatic rings. The minimum atomic E-state index is -0.337. The summed E-state index contributed by atoms with van der Waals surface area (Å²) in [6.07, 6.45) is 1.14. The predicted molar refractivity (Wildman–Crippen MR) is 78.7 cm³/mol. The molecule has 0 unspecified atom stereocenters. The molecule has 1 aromatic carbocycles. The van der Waals surface area contributed by atoms with Crippen LogP contribution >= 0.6 is 0 Å². The predicted octanol–water partition coefficient (Wildman–Crippen LogP) is 3.05. The maximum atomic E-state index is 10.9. The highest BCUT2D eigenvalue weighted by molar-refractivity contribution is 5.59. The molecule has 19 heavy (non-hydrogen) atoms. The fourth-order valence-corrected chi connectivity index (χ4v) is 2.11. The standard InChI is InChI=1S/C14H23N3O2/c1-4-10-16(5-2)11-9-15-13-7-6-8-14(12(13)3)17(18)19/h6-8,15H,4-5,9-11H2,1-3H3. The molecule has 106 valence electrons. The third-order valence-electron chi connectivity index (χ3n) is 3.23. The number of likely N-dealkylation sites (N-methyl/N-ethyl adjacent to an activating group) is 1. The summed E-state index contributed by atoms with van der Waals surface area (Å²) in [6, 6.07) is 5.14. The van der Waals surface area contributed by atoms with Crippen molar-refractivity contribution >= 4 is 11.4 Å². The van der Waals surface area contributed by atoms with Crippen LogP contribution in [-0.2, 0) is 0 Å². The van der Waals surface area contributed by atoms with Crippen molar-refractivity contribution in [2.75, 3.05) is 31.5 Å². The smallest absolute Gasteiger partial charge is 0.274 e. The van der Waals surface area contributed by atoms with E-state index in [1.54, 1.807) is 13.0 Å². The van der Waals surface area contributed by atoms with Crippen molar-refractivity contribution in [1.29, 1.82) is 0 Å². The van der Waals surface area contributed by atoms with Crippen molar-refractivity contribution in [3.63, 3.8) is 0 Å². The lowest BCUT2D eigenvalue weighted by Crippen LogP contribution is -2.29. The van der Waals surface area contributed by atoms with E-state index in [-0.39, 0.29) is 10.6 Å². The maximum absolute atomic E-state index is 10.9. The normalized spacial score (nSPS) is 10.7. The van der Waals surface area contributed by atoms with Crippen LogP contribution in [0.3, 0.4) is 0 Å². The molecule has 0 saturated heterocycles. The minimum Gasteiger partial charge on any atom is -0.383 e. The second-order valence-electron chi connectivity index (χ2n) is 4.57. The van der Waals surface area contributed by atoms with E-state index in [0.717, 1.165) is 38.3 Å². The lowest BCUT2D eigenvalue weighted by atomic mass is 10.1. The van der Waals surface area contributed by atoms with Crippen molar-refractivity contribution < 1.29 is 4.92 Å². The van der Waals surface area contributed by atoms with Crippen molar-refractivity contribution in [3.8, 4) is 0 Å². The summed E-state index contributed by atoms with van der Waals surface area (Å²) in [7, 11) is 0. The first-order valence-electron chi connectivity index (χ1n) is 6.80. The third-order valence-corrected chi connectivity index (χ3v) is 3.23. The average Bonchev–Trinajstić information content (AvgIpc) is 2.39. The summed E-state index contributed by atoms with van der Waals surface area (Å²) < 4.78 is 0. The summed E-state index contributed by atoms with van der Waals surface area (Å²) >= 11 is 0. The third kappa shape index (κ3) is 4.52. The van der Waals surface area contributed by atoms with E-state index in [4.69, 9.17) is 0 Å². The molecule has 0 spiro atoms. The summed E-state index contributed by atoms with van der Waals surface area (Å²) in [4.78, 5) is 12.9. The first kappa shape index (κ1) is 15.4. The van der Waals surface area contributed by atoms with Gasteiger partial charge >= 0.3 is 0 Å². The Balaban J connectivity index is 2.58. The zero-order chi connectivity index (χ0) is 14.3. The van der Waals surface area contributed by atoms with Gasteiger partial charge in [0.25, 0.3) is 5.69 Å². The van der Waals surface area contributed by atoms with E-state index in [2.05, 4.69) is 24.1 Å². The number of benzene rings is 1. The highest BCUT2D eigenvalue weighted by Crippen LogP contribution is 2.24. The number of nitrogens with zero attached hydrogens (tertiary/aromatic N) is 2. The Morgan fingerprint density at radius 2 is 2.05 bits per heavy atom. The molecule has 0 heterocycles. The Labute approximate surface area is 114 Å². The van der Waals surface area contributed by atoms with E-state index in [1.165, 1.54) is 6.07 Å². The van der Waals surface area contributed by atoms with Crippen molar-refractivity contribution in [2.24, 2.45) is 0 Å². The molecule has 5 heteroatoms. The Morgan fingerprint density at radius 3 is 2.63 bits per heavy atom. The van der Waals surface area contributed by atoms with E-state index in [0.29, 0.717) is 5.56 Å². The van der Waals surface area contributed by atoms with Crippen LogP contribution in [0.5, 0.6) is 0 Å². The molecule has 5 nitrogen and oxygen atoms in total. The van der Waals surface area contributed by atoms with Gasteiger partial charge in [0.1, 0.15) is 0 Å². The first-order chi connectivity index (χ1) is 9.10. The molecule has 0 aromatic heterocycles. The van der Waals surface area contributed by atoms with Crippen LogP contribution in [0.15, 0.2) is 18.2 Å². The maximum Gasteiger partial charge on any atom is 0.274 e. The first-order valence-corrected chi connectivity index (χ1v) is 6.80. The van der Waals surface area contributed by atoms with Crippen LogP contribution in [0.4, 0.5) is 11.4 Å². The summed E-state index contributed by atoms with van der Waals surface area (Å²) in [6.45, 7) is 9.97. The zero-order valence-corrected chi connectivity index (χ0v) is 12.0. The molecule has 1 aromatic rings. The van der Waals surface area contributed by atoms with E-state index in [9.17, 15) is 10.1 Å². The number of hydrogen-bond acceptors (Lipinski definition) is 4. The molecule has 0 bridgehead atoms. The summed E-state index contributed by atoms with van der Waals surface area (Å²) in [5.41, 5.74) is 1.72. The lowest BCUT2D eigenvalue weighted by molar-refractivity contribution is -0.385. The van der Waals surface area contributed by atoms with Gasteiger partial charge < -0.3 is 10.2 Å². The van der Waals surface area contributed by atoms with E-state index >= 15 is 0 Å². The Kier molecular flexibility index (Phi) is 6.29. The minimum absolute atomic E-state index is 0.172. The number of rotatable bonds is 8. The Bertz CT molecular complexity index is 421. The van der Waals surface area contributed by atoms with Gasteiger partial charge in [0.2, 0.25) is 0 Å². The van der Waals surface area contributed by atoms with Gasteiger partial charge in [-0.2, -0.15) is 0 Å². The molecule has 0 amide bonds. The van der Waals surface area contributed by atoms with Crippen molar-refractivity contribution in [3.05, 3.63) is 33.9 Å². The van der Waals surface area contributed by atoms with Gasteiger partial charge in [0.05, 0.1) is 4.92 Å². The second-order valence-corrected chi connectivity index (χ2v) is 4.57. The van der Waals surface area contributed by atoms with Crippen LogP contribution in [0.1, 0.15) is 25.8 Å². The topological polar surface area (TPSA) is 58.4 Å². The fourth-order valence-electron chi connectivity index (χ4n) is 2.11. The molecular weight excluding hydrogens is 242 g/mol. The van der Waals surface area contributed by atoms with Gasteiger partial charge in [-0.15, -0.1) is 0 Å². The van der Waals surface area contributed by atoms with Crippen LogP contribution in [-0.4, -0.2) is 36.0 Å². The Hall–Kier alpha value is -1.62. The van der Waals surface area contributed by atoms with Crippen LogP contribution in [0.2, 0.25) is 0 Å². The molecular formula is C14H23N3O2. The molecule has 0 fully saturated rings. The largest absolute Gasteiger partial charge is 0.383 e. The summed E-state index contributed by atoms with van der Waals surface area (Å²) in [5, 5.41) is 14.1. The van der Waals surface area contributed by atoms with Gasteiger partial charge in [0.15, 0.2) is 0 Å². The van der Waals surface area contributed by atoms with Crippen LogP contribution in [0.25, 0.3) is 0 Å². The molecule has 0 atom stereocenters. The van der Waals surface area contributed by atoms with Crippen LogP contribution < -0.4 is 5.32 Å². The van der Waals surface area contributed by atoms with Crippen molar-refractivity contribution in [2.45, 2.75) is 27.2 Å². The molecule has 1 N–H and O–H groups in total. The summed E-state index contributed by atoms with van der Waals surface area (Å²) in [5.74, 6) is 0. The second kappa shape index (κ2) is 7.74. The average molecular weight is 265 g/mol. The SMILES string of the molecule is CCCN(CC)CCNc1cccc([N+](=O)[O-])c1C. The van der Waals surface area contributed by atoms with Gasteiger partial charge in [0, 0.05) is 30.4 Å². The van der Waals surface area contributed by atoms with Gasteiger partial charge in [-0.05, 0) is 32.5 Å². The fraction of sp³-hybridized carbons (Fsp3) is 0.571. The molecule has 0 saturated carbocycles. The highest BCUT2D eigenvalue weighted by atomic mass is 16.6. The monoisotopic (exact) mass is 265 g/mol. The highest BCUT2D eigenvalue weighted by Gasteiger charge is 2.12. The van der Waals surface area contributed by atoms with Gasteiger partial charge in [-0.25, -0.2) is 0 Å². The van der Waals surface area contributed by atoms with Gasteiger partial charge in [-0.3, -0.25) is 10.1 Å². The quantitative estimate of drug-likeness (QED) is 0.579. The molecule has 1 rings (SSSR count).